The van der Waals surface area contributed by atoms with E-state index in [0.29, 0.717) is 5.11 Å². The van der Waals surface area contributed by atoms with Crippen molar-refractivity contribution in [2.24, 2.45) is 0 Å². The van der Waals surface area contributed by atoms with Gasteiger partial charge in [-0.05, 0) is 67.9 Å². The van der Waals surface area contributed by atoms with Crippen LogP contribution in [0.25, 0.3) is 0 Å². The fourth-order valence-corrected chi connectivity index (χ4v) is 1.98. The number of rotatable bonds is 2. The highest BCUT2D eigenvalue weighted by Gasteiger charge is 2.03. The SMILES string of the molecule is Cc1ccnc(NC(=S)Nc2cccc(C)c2C)c1. The Hall–Kier alpha value is -1.94. The molecule has 1 aromatic heterocycles. The number of hydrogen-bond acceptors (Lipinski definition) is 2. The number of hydrogen-bond donors (Lipinski definition) is 2. The molecule has 19 heavy (non-hydrogen) atoms. The molecule has 0 unspecified atom stereocenters. The normalized spacial score (nSPS) is 10.1. The Balaban J connectivity index is 2.08. The van der Waals surface area contributed by atoms with Gasteiger partial charge in [-0.1, -0.05) is 12.1 Å². The predicted molar refractivity (Wildman–Crippen MR) is 84.7 cm³/mol. The number of nitrogens with one attached hydrogen (secondary N) is 2. The molecule has 0 bridgehead atoms. The van der Waals surface area contributed by atoms with E-state index in [0.717, 1.165) is 17.1 Å². The minimum absolute atomic E-state index is 0.548. The van der Waals surface area contributed by atoms with Crippen molar-refractivity contribution in [2.45, 2.75) is 20.8 Å². The highest BCUT2D eigenvalue weighted by atomic mass is 32.1. The predicted octanol–water partition coefficient (Wildman–Crippen LogP) is 3.82. The van der Waals surface area contributed by atoms with Crippen LogP contribution in [0.3, 0.4) is 0 Å². The zero-order valence-corrected chi connectivity index (χ0v) is 12.1. The highest BCUT2D eigenvalue weighted by Crippen LogP contribution is 2.18. The molecule has 4 heteroatoms. The van der Waals surface area contributed by atoms with Crippen LogP contribution in [0.1, 0.15) is 16.7 Å². The summed E-state index contributed by atoms with van der Waals surface area (Å²) in [6, 6.07) is 10.0. The van der Waals surface area contributed by atoms with Crippen LogP contribution in [-0.4, -0.2) is 10.1 Å². The first-order chi connectivity index (χ1) is 9.06. The van der Waals surface area contributed by atoms with Crippen LogP contribution in [0.4, 0.5) is 11.5 Å². The van der Waals surface area contributed by atoms with Crippen LogP contribution in [-0.2, 0) is 0 Å². The lowest BCUT2D eigenvalue weighted by Gasteiger charge is -2.13. The summed E-state index contributed by atoms with van der Waals surface area (Å²) in [7, 11) is 0. The lowest BCUT2D eigenvalue weighted by molar-refractivity contribution is 1.28. The molecular formula is C15H17N3S. The maximum absolute atomic E-state index is 5.30. The Morgan fingerprint density at radius 3 is 2.63 bits per heavy atom. The molecule has 2 rings (SSSR count). The third kappa shape index (κ3) is 3.51. The van der Waals surface area contributed by atoms with E-state index in [2.05, 4.69) is 35.5 Å². The second-order valence-corrected chi connectivity index (χ2v) is 4.95. The zero-order valence-electron chi connectivity index (χ0n) is 11.3. The molecule has 3 nitrogen and oxygen atoms in total. The number of nitrogens with zero attached hydrogens (tertiary/aromatic N) is 1. The second-order valence-electron chi connectivity index (χ2n) is 4.55. The summed E-state index contributed by atoms with van der Waals surface area (Å²) >= 11 is 5.30. The van der Waals surface area contributed by atoms with Crippen molar-refractivity contribution in [2.75, 3.05) is 10.6 Å². The largest absolute Gasteiger partial charge is 0.332 e. The summed E-state index contributed by atoms with van der Waals surface area (Å²) in [4.78, 5) is 4.22. The van der Waals surface area contributed by atoms with Gasteiger partial charge in [0.2, 0.25) is 0 Å². The van der Waals surface area contributed by atoms with Crippen LogP contribution >= 0.6 is 12.2 Å². The van der Waals surface area contributed by atoms with Gasteiger partial charge < -0.3 is 10.6 Å². The zero-order chi connectivity index (χ0) is 13.8. The summed E-state index contributed by atoms with van der Waals surface area (Å²) < 4.78 is 0. The molecule has 0 saturated heterocycles. The number of aryl methyl sites for hydroxylation is 2. The van der Waals surface area contributed by atoms with E-state index >= 15 is 0 Å². The first-order valence-corrected chi connectivity index (χ1v) is 6.54. The van der Waals surface area contributed by atoms with E-state index in [1.807, 2.05) is 31.2 Å². The van der Waals surface area contributed by atoms with Gasteiger partial charge in [-0.25, -0.2) is 4.98 Å². The summed E-state index contributed by atoms with van der Waals surface area (Å²) in [5.74, 6) is 0.753. The molecular weight excluding hydrogens is 254 g/mol. The summed E-state index contributed by atoms with van der Waals surface area (Å²) in [6.07, 6.45) is 1.76. The maximum atomic E-state index is 5.30. The minimum Gasteiger partial charge on any atom is -0.332 e. The molecule has 0 aliphatic rings. The first-order valence-electron chi connectivity index (χ1n) is 6.13. The molecule has 0 saturated carbocycles. The van der Waals surface area contributed by atoms with E-state index in [1.54, 1.807) is 6.20 Å². The van der Waals surface area contributed by atoms with E-state index in [9.17, 15) is 0 Å². The monoisotopic (exact) mass is 271 g/mol. The molecule has 2 N–H and O–H groups in total. The molecule has 2 aromatic rings. The molecule has 0 fully saturated rings. The van der Waals surface area contributed by atoms with Gasteiger partial charge in [0.05, 0.1) is 0 Å². The summed E-state index contributed by atoms with van der Waals surface area (Å²) in [6.45, 7) is 6.18. The fourth-order valence-electron chi connectivity index (χ4n) is 1.76. The van der Waals surface area contributed by atoms with Gasteiger partial charge in [-0.15, -0.1) is 0 Å². The molecule has 1 aromatic carbocycles. The molecule has 0 amide bonds. The molecule has 0 radical (unpaired) electrons. The molecule has 0 aliphatic heterocycles. The van der Waals surface area contributed by atoms with Crippen molar-refractivity contribution in [3.8, 4) is 0 Å². The van der Waals surface area contributed by atoms with E-state index in [4.69, 9.17) is 12.2 Å². The van der Waals surface area contributed by atoms with Crippen LogP contribution < -0.4 is 10.6 Å². The van der Waals surface area contributed by atoms with Gasteiger partial charge in [0.1, 0.15) is 5.82 Å². The van der Waals surface area contributed by atoms with Gasteiger partial charge in [0.15, 0.2) is 5.11 Å². The van der Waals surface area contributed by atoms with E-state index < -0.39 is 0 Å². The van der Waals surface area contributed by atoms with Gasteiger partial charge in [-0.2, -0.15) is 0 Å². The van der Waals surface area contributed by atoms with Gasteiger partial charge in [0.25, 0.3) is 0 Å². The highest BCUT2D eigenvalue weighted by molar-refractivity contribution is 7.80. The number of aromatic nitrogens is 1. The summed E-state index contributed by atoms with van der Waals surface area (Å²) in [5.41, 5.74) is 4.60. The number of benzene rings is 1. The molecule has 1 heterocycles. The van der Waals surface area contributed by atoms with Crippen LogP contribution in [0, 0.1) is 20.8 Å². The second kappa shape index (κ2) is 5.80. The third-order valence-electron chi connectivity index (χ3n) is 3.01. The minimum atomic E-state index is 0.548. The van der Waals surface area contributed by atoms with Crippen molar-refractivity contribution in [3.05, 3.63) is 53.2 Å². The van der Waals surface area contributed by atoms with Crippen LogP contribution in [0.5, 0.6) is 0 Å². The molecule has 0 atom stereocenters. The number of anilines is 2. The molecule has 98 valence electrons. The Kier molecular flexibility index (Phi) is 4.12. The van der Waals surface area contributed by atoms with Crippen molar-refractivity contribution < 1.29 is 0 Å². The Bertz CT molecular complexity index is 608. The van der Waals surface area contributed by atoms with E-state index in [-0.39, 0.29) is 0 Å². The van der Waals surface area contributed by atoms with Gasteiger partial charge in [0, 0.05) is 11.9 Å². The average molecular weight is 271 g/mol. The van der Waals surface area contributed by atoms with Crippen molar-refractivity contribution in [1.82, 2.24) is 4.98 Å². The molecule has 0 spiro atoms. The Morgan fingerprint density at radius 1 is 1.11 bits per heavy atom. The Morgan fingerprint density at radius 2 is 1.89 bits per heavy atom. The lowest BCUT2D eigenvalue weighted by atomic mass is 10.1. The summed E-state index contributed by atoms with van der Waals surface area (Å²) in [5, 5.41) is 6.83. The number of pyridine rings is 1. The van der Waals surface area contributed by atoms with Crippen molar-refractivity contribution in [1.29, 1.82) is 0 Å². The fraction of sp³-hybridized carbons (Fsp3) is 0.200. The smallest absolute Gasteiger partial charge is 0.176 e. The first kappa shape index (κ1) is 13.5. The maximum Gasteiger partial charge on any atom is 0.176 e. The topological polar surface area (TPSA) is 37.0 Å². The lowest BCUT2D eigenvalue weighted by Crippen LogP contribution is -2.20. The van der Waals surface area contributed by atoms with Crippen LogP contribution in [0.2, 0.25) is 0 Å². The average Bonchev–Trinajstić information content (AvgIpc) is 2.35. The van der Waals surface area contributed by atoms with Crippen molar-refractivity contribution >= 4 is 28.8 Å². The Labute approximate surface area is 119 Å². The number of thiocarbonyl (C=S) groups is 1. The van der Waals surface area contributed by atoms with E-state index in [1.165, 1.54) is 11.1 Å². The quantitative estimate of drug-likeness (QED) is 0.814. The standard InChI is InChI=1S/C15H17N3S/c1-10-7-8-16-14(9-10)18-15(19)17-13-6-4-5-11(2)12(13)3/h4-9H,1-3H3,(H2,16,17,18,19). The van der Waals surface area contributed by atoms with Gasteiger partial charge >= 0.3 is 0 Å². The van der Waals surface area contributed by atoms with Crippen LogP contribution in [0.15, 0.2) is 36.5 Å². The van der Waals surface area contributed by atoms with Crippen molar-refractivity contribution in [3.63, 3.8) is 0 Å². The van der Waals surface area contributed by atoms with Gasteiger partial charge in [-0.3, -0.25) is 0 Å². The molecule has 0 aliphatic carbocycles. The third-order valence-corrected chi connectivity index (χ3v) is 3.21.